The fourth-order valence-corrected chi connectivity index (χ4v) is 1.52. The lowest BCUT2D eigenvalue weighted by Crippen LogP contribution is -2.52. The number of rotatable bonds is 0. The molecule has 0 radical (unpaired) electrons. The minimum absolute atomic E-state index is 0.00266. The summed E-state index contributed by atoms with van der Waals surface area (Å²) < 4.78 is 41.4. The molecular weight excluding hydrogens is 199 g/mol. The van der Waals surface area contributed by atoms with Crippen molar-refractivity contribution in [3.8, 4) is 0 Å². The Bertz CT molecular complexity index is 219. The average molecular weight is 211 g/mol. The van der Waals surface area contributed by atoms with Crippen molar-refractivity contribution in [3.63, 3.8) is 0 Å². The van der Waals surface area contributed by atoms with Gasteiger partial charge in [0, 0.05) is 13.1 Å². The van der Waals surface area contributed by atoms with E-state index >= 15 is 0 Å². The van der Waals surface area contributed by atoms with E-state index in [0.717, 1.165) is 4.90 Å². The van der Waals surface area contributed by atoms with Crippen LogP contribution in [0.3, 0.4) is 0 Å². The first-order chi connectivity index (χ1) is 6.30. The molecule has 0 saturated carbocycles. The van der Waals surface area contributed by atoms with Gasteiger partial charge in [0.1, 0.15) is 0 Å². The number of halogens is 3. The summed E-state index contributed by atoms with van der Waals surface area (Å²) in [6, 6.07) is 0. The van der Waals surface area contributed by atoms with Crippen LogP contribution in [-0.4, -0.2) is 42.3 Å². The van der Waals surface area contributed by atoms with Gasteiger partial charge in [0.05, 0.1) is 12.2 Å². The Morgan fingerprint density at radius 1 is 1.29 bits per heavy atom. The van der Waals surface area contributed by atoms with E-state index in [0.29, 0.717) is 0 Å². The Hall–Kier alpha value is -0.780. The number of hydrogen-bond acceptors (Lipinski definition) is 2. The topological polar surface area (TPSA) is 29.5 Å². The molecule has 2 atom stereocenters. The molecule has 0 aromatic carbocycles. The molecular formula is C8H12F3NO2. The van der Waals surface area contributed by atoms with Gasteiger partial charge in [0.2, 0.25) is 0 Å². The summed E-state index contributed by atoms with van der Waals surface area (Å²) in [5.41, 5.74) is 0. The zero-order chi connectivity index (χ0) is 10.9. The average Bonchev–Trinajstić information content (AvgIpc) is 1.99. The van der Waals surface area contributed by atoms with Crippen LogP contribution in [0.4, 0.5) is 13.2 Å². The van der Waals surface area contributed by atoms with Crippen LogP contribution in [0.25, 0.3) is 0 Å². The van der Waals surface area contributed by atoms with E-state index in [1.807, 2.05) is 0 Å². The predicted octanol–water partition coefficient (Wildman–Crippen LogP) is 1.18. The molecule has 1 rings (SSSR count). The number of hydrogen-bond donors (Lipinski definition) is 0. The molecule has 1 saturated heterocycles. The van der Waals surface area contributed by atoms with Gasteiger partial charge < -0.3 is 9.64 Å². The van der Waals surface area contributed by atoms with Crippen molar-refractivity contribution in [2.24, 2.45) is 0 Å². The van der Waals surface area contributed by atoms with E-state index in [9.17, 15) is 18.0 Å². The van der Waals surface area contributed by atoms with Gasteiger partial charge in [-0.05, 0) is 13.8 Å². The van der Waals surface area contributed by atoms with E-state index in [1.165, 1.54) is 0 Å². The van der Waals surface area contributed by atoms with Gasteiger partial charge in [-0.3, -0.25) is 4.79 Å². The van der Waals surface area contributed by atoms with E-state index in [4.69, 9.17) is 4.74 Å². The lowest BCUT2D eigenvalue weighted by Gasteiger charge is -2.35. The standard InChI is InChI=1S/C8H12F3NO2/c1-5-3-12(4-6(2)14-5)7(13)8(9,10)11/h5-6H,3-4H2,1-2H3/t5-,6+. The molecule has 3 nitrogen and oxygen atoms in total. The predicted molar refractivity (Wildman–Crippen MR) is 42.6 cm³/mol. The van der Waals surface area contributed by atoms with Crippen molar-refractivity contribution >= 4 is 5.91 Å². The monoisotopic (exact) mass is 211 g/mol. The van der Waals surface area contributed by atoms with Crippen LogP contribution in [-0.2, 0) is 9.53 Å². The quantitative estimate of drug-likeness (QED) is 0.602. The normalized spacial score (nSPS) is 29.1. The van der Waals surface area contributed by atoms with Gasteiger partial charge in [0.15, 0.2) is 0 Å². The summed E-state index contributed by atoms with van der Waals surface area (Å²) in [4.78, 5) is 11.6. The molecule has 1 fully saturated rings. The molecule has 0 aromatic heterocycles. The summed E-state index contributed by atoms with van der Waals surface area (Å²) in [6.07, 6.45) is -5.47. The van der Waals surface area contributed by atoms with Crippen LogP contribution in [0.1, 0.15) is 13.8 Å². The molecule has 14 heavy (non-hydrogen) atoms. The molecule has 0 bridgehead atoms. The molecule has 0 unspecified atom stereocenters. The largest absolute Gasteiger partial charge is 0.471 e. The minimum atomic E-state index is -4.78. The highest BCUT2D eigenvalue weighted by Gasteiger charge is 2.44. The third-order valence-corrected chi connectivity index (χ3v) is 1.95. The zero-order valence-corrected chi connectivity index (χ0v) is 7.97. The summed E-state index contributed by atoms with van der Waals surface area (Å²) in [5.74, 6) is -1.78. The number of carbonyl (C=O) groups is 1. The molecule has 0 spiro atoms. The Morgan fingerprint density at radius 2 is 1.71 bits per heavy atom. The number of amides is 1. The van der Waals surface area contributed by atoms with Crippen molar-refractivity contribution in [1.82, 2.24) is 4.90 Å². The number of alkyl halides is 3. The van der Waals surface area contributed by atoms with Crippen LogP contribution < -0.4 is 0 Å². The third-order valence-electron chi connectivity index (χ3n) is 1.95. The first-order valence-electron chi connectivity index (χ1n) is 4.32. The van der Waals surface area contributed by atoms with Crippen LogP contribution >= 0.6 is 0 Å². The maximum atomic E-state index is 12.1. The molecule has 0 aromatic rings. The van der Waals surface area contributed by atoms with Crippen LogP contribution in [0.2, 0.25) is 0 Å². The number of morpholine rings is 1. The van der Waals surface area contributed by atoms with E-state index in [2.05, 4.69) is 0 Å². The summed E-state index contributed by atoms with van der Waals surface area (Å²) in [6.45, 7) is 3.30. The molecule has 0 N–H and O–H groups in total. The maximum absolute atomic E-state index is 12.1. The van der Waals surface area contributed by atoms with Gasteiger partial charge in [-0.25, -0.2) is 0 Å². The van der Waals surface area contributed by atoms with E-state index < -0.39 is 12.1 Å². The van der Waals surface area contributed by atoms with Crippen molar-refractivity contribution in [2.75, 3.05) is 13.1 Å². The van der Waals surface area contributed by atoms with Crippen molar-refractivity contribution in [2.45, 2.75) is 32.2 Å². The summed E-state index contributed by atoms with van der Waals surface area (Å²) >= 11 is 0. The Labute approximate surface area is 79.8 Å². The second-order valence-corrected chi connectivity index (χ2v) is 3.47. The van der Waals surface area contributed by atoms with Crippen molar-refractivity contribution in [1.29, 1.82) is 0 Å². The Balaban J connectivity index is 2.64. The van der Waals surface area contributed by atoms with Gasteiger partial charge in [-0.15, -0.1) is 0 Å². The van der Waals surface area contributed by atoms with Gasteiger partial charge in [-0.2, -0.15) is 13.2 Å². The van der Waals surface area contributed by atoms with Gasteiger partial charge in [-0.1, -0.05) is 0 Å². The summed E-state index contributed by atoms with van der Waals surface area (Å²) in [7, 11) is 0. The van der Waals surface area contributed by atoms with E-state index in [1.54, 1.807) is 13.8 Å². The van der Waals surface area contributed by atoms with Gasteiger partial charge in [0.25, 0.3) is 0 Å². The first-order valence-corrected chi connectivity index (χ1v) is 4.32. The van der Waals surface area contributed by atoms with Crippen LogP contribution in [0.15, 0.2) is 0 Å². The highest BCUT2D eigenvalue weighted by molar-refractivity contribution is 5.82. The third kappa shape index (κ3) is 2.60. The highest BCUT2D eigenvalue weighted by atomic mass is 19.4. The number of ether oxygens (including phenoxy) is 1. The molecule has 0 aliphatic carbocycles. The fraction of sp³-hybridized carbons (Fsp3) is 0.875. The van der Waals surface area contributed by atoms with Crippen molar-refractivity contribution < 1.29 is 22.7 Å². The maximum Gasteiger partial charge on any atom is 0.471 e. The number of nitrogens with zero attached hydrogens (tertiary/aromatic N) is 1. The lowest BCUT2D eigenvalue weighted by molar-refractivity contribution is -0.193. The molecule has 6 heteroatoms. The SMILES string of the molecule is C[C@@H]1CN(C(=O)C(F)(F)F)C[C@H](C)O1. The second-order valence-electron chi connectivity index (χ2n) is 3.47. The smallest absolute Gasteiger partial charge is 0.372 e. The van der Waals surface area contributed by atoms with Crippen LogP contribution in [0, 0.1) is 0 Å². The Morgan fingerprint density at radius 3 is 2.07 bits per heavy atom. The molecule has 82 valence electrons. The molecule has 1 amide bonds. The van der Waals surface area contributed by atoms with Gasteiger partial charge >= 0.3 is 12.1 Å². The second kappa shape index (κ2) is 3.76. The molecule has 1 aliphatic heterocycles. The molecule has 1 heterocycles. The number of carbonyl (C=O) groups excluding carboxylic acids is 1. The van der Waals surface area contributed by atoms with E-state index in [-0.39, 0.29) is 25.3 Å². The zero-order valence-electron chi connectivity index (χ0n) is 7.97. The first kappa shape index (κ1) is 11.3. The summed E-state index contributed by atoms with van der Waals surface area (Å²) in [5, 5.41) is 0. The highest BCUT2D eigenvalue weighted by Crippen LogP contribution is 2.21. The minimum Gasteiger partial charge on any atom is -0.372 e. The molecule has 1 aliphatic rings. The van der Waals surface area contributed by atoms with Crippen LogP contribution in [0.5, 0.6) is 0 Å². The lowest BCUT2D eigenvalue weighted by atomic mass is 10.2. The van der Waals surface area contributed by atoms with Crippen molar-refractivity contribution in [3.05, 3.63) is 0 Å². The Kier molecular flexibility index (Phi) is 3.04. The fourth-order valence-electron chi connectivity index (χ4n) is 1.52.